The quantitative estimate of drug-likeness (QED) is 0.794. The third kappa shape index (κ3) is 4.29. The van der Waals surface area contributed by atoms with Crippen molar-refractivity contribution in [2.75, 3.05) is 21.3 Å². The largest absolute Gasteiger partial charge is 0.496 e. The van der Waals surface area contributed by atoms with Gasteiger partial charge in [0.15, 0.2) is 11.5 Å². The molecule has 1 N–H and O–H groups in total. The van der Waals surface area contributed by atoms with Gasteiger partial charge in [-0.3, -0.25) is 4.79 Å². The van der Waals surface area contributed by atoms with E-state index in [1.807, 2.05) is 36.4 Å². The fourth-order valence-electron chi connectivity index (χ4n) is 2.30. The molecule has 2 aromatic rings. The molecule has 2 rings (SSSR count). The Hall–Kier alpha value is -2.95. The van der Waals surface area contributed by atoms with Gasteiger partial charge in [-0.1, -0.05) is 30.3 Å². The van der Waals surface area contributed by atoms with Crippen LogP contribution in [0.2, 0.25) is 0 Å². The van der Waals surface area contributed by atoms with Crippen LogP contribution in [0.4, 0.5) is 0 Å². The molecule has 0 aliphatic heterocycles. The summed E-state index contributed by atoms with van der Waals surface area (Å²) in [5, 5.41) is 2.83. The summed E-state index contributed by atoms with van der Waals surface area (Å²) in [5.74, 6) is 1.75. The first kappa shape index (κ1) is 17.4. The van der Waals surface area contributed by atoms with Crippen LogP contribution in [0.3, 0.4) is 0 Å². The Labute approximate surface area is 141 Å². The van der Waals surface area contributed by atoms with E-state index >= 15 is 0 Å². The van der Waals surface area contributed by atoms with Crippen molar-refractivity contribution in [3.63, 3.8) is 0 Å². The third-order valence-electron chi connectivity index (χ3n) is 3.49. The summed E-state index contributed by atoms with van der Waals surface area (Å²) in [6.07, 6.45) is 3.16. The highest BCUT2D eigenvalue weighted by Crippen LogP contribution is 2.31. The van der Waals surface area contributed by atoms with Crippen molar-refractivity contribution in [1.29, 1.82) is 0 Å². The molecule has 0 aliphatic rings. The smallest absolute Gasteiger partial charge is 0.244 e. The van der Waals surface area contributed by atoms with Gasteiger partial charge in [0.1, 0.15) is 5.75 Å². The maximum atomic E-state index is 12.0. The van der Waals surface area contributed by atoms with E-state index < -0.39 is 0 Å². The van der Waals surface area contributed by atoms with Crippen molar-refractivity contribution in [2.45, 2.75) is 6.54 Å². The van der Waals surface area contributed by atoms with Crippen LogP contribution in [0.25, 0.3) is 6.08 Å². The third-order valence-corrected chi connectivity index (χ3v) is 3.49. The zero-order chi connectivity index (χ0) is 17.4. The fourth-order valence-corrected chi connectivity index (χ4v) is 2.30. The zero-order valence-electron chi connectivity index (χ0n) is 14.0. The molecule has 0 radical (unpaired) electrons. The molecule has 5 nitrogen and oxygen atoms in total. The number of nitrogens with one attached hydrogen (secondary N) is 1. The molecule has 0 saturated carbocycles. The van der Waals surface area contributed by atoms with E-state index in [9.17, 15) is 4.79 Å². The number of hydrogen-bond donors (Lipinski definition) is 1. The Bertz CT molecular complexity index is 725. The number of rotatable bonds is 7. The lowest BCUT2D eigenvalue weighted by Crippen LogP contribution is -2.20. The van der Waals surface area contributed by atoms with Crippen molar-refractivity contribution < 1.29 is 19.0 Å². The van der Waals surface area contributed by atoms with Gasteiger partial charge in [-0.15, -0.1) is 0 Å². The summed E-state index contributed by atoms with van der Waals surface area (Å²) in [7, 11) is 4.75. The van der Waals surface area contributed by atoms with Gasteiger partial charge in [-0.25, -0.2) is 0 Å². The molecule has 0 atom stereocenters. The predicted octanol–water partition coefficient (Wildman–Crippen LogP) is 3.04. The van der Waals surface area contributed by atoms with Gasteiger partial charge in [-0.2, -0.15) is 0 Å². The lowest BCUT2D eigenvalue weighted by atomic mass is 10.1. The minimum Gasteiger partial charge on any atom is -0.496 e. The van der Waals surface area contributed by atoms with E-state index in [1.54, 1.807) is 33.5 Å². The molecule has 0 aromatic heterocycles. The summed E-state index contributed by atoms with van der Waals surface area (Å²) >= 11 is 0. The number of amides is 1. The number of methoxy groups -OCH3 is 3. The minimum atomic E-state index is -0.203. The van der Waals surface area contributed by atoms with Gasteiger partial charge in [0.25, 0.3) is 0 Å². The van der Waals surface area contributed by atoms with Gasteiger partial charge in [0.2, 0.25) is 5.91 Å². The highest BCUT2D eigenvalue weighted by Gasteiger charge is 2.07. The van der Waals surface area contributed by atoms with Crippen molar-refractivity contribution in [3.8, 4) is 17.2 Å². The lowest BCUT2D eigenvalue weighted by molar-refractivity contribution is -0.116. The SMILES string of the molecule is COc1ccccc1CNC(=O)/C=C/c1cccc(OC)c1OC. The van der Waals surface area contributed by atoms with Crippen molar-refractivity contribution in [2.24, 2.45) is 0 Å². The second-order valence-corrected chi connectivity index (χ2v) is 4.95. The van der Waals surface area contributed by atoms with Crippen LogP contribution < -0.4 is 19.5 Å². The molecule has 0 unspecified atom stereocenters. The molecule has 2 aromatic carbocycles. The summed E-state index contributed by atoms with van der Waals surface area (Å²) in [4.78, 5) is 12.0. The molecule has 0 heterocycles. The van der Waals surface area contributed by atoms with E-state index in [0.717, 1.165) is 16.9 Å². The van der Waals surface area contributed by atoms with Gasteiger partial charge in [-0.05, 0) is 18.2 Å². The molecular formula is C19H21NO4. The normalized spacial score (nSPS) is 10.5. The molecule has 5 heteroatoms. The van der Waals surface area contributed by atoms with Gasteiger partial charge in [0, 0.05) is 23.7 Å². The van der Waals surface area contributed by atoms with E-state index in [2.05, 4.69) is 5.32 Å². The summed E-state index contributed by atoms with van der Waals surface area (Å²) < 4.78 is 15.8. The summed E-state index contributed by atoms with van der Waals surface area (Å²) in [6.45, 7) is 0.391. The van der Waals surface area contributed by atoms with Crippen LogP contribution in [0.5, 0.6) is 17.2 Å². The van der Waals surface area contributed by atoms with Crippen LogP contribution >= 0.6 is 0 Å². The Balaban J connectivity index is 2.03. The molecule has 0 saturated heterocycles. The monoisotopic (exact) mass is 327 g/mol. The number of para-hydroxylation sites is 2. The summed E-state index contributed by atoms with van der Waals surface area (Å²) in [6, 6.07) is 13.1. The van der Waals surface area contributed by atoms with Crippen molar-refractivity contribution >= 4 is 12.0 Å². The number of carbonyl (C=O) groups excluding carboxylic acids is 1. The van der Waals surface area contributed by atoms with E-state index in [1.165, 1.54) is 6.08 Å². The van der Waals surface area contributed by atoms with Crippen LogP contribution in [0.15, 0.2) is 48.5 Å². The fraction of sp³-hybridized carbons (Fsp3) is 0.211. The van der Waals surface area contributed by atoms with Crippen molar-refractivity contribution in [1.82, 2.24) is 5.32 Å². The predicted molar refractivity (Wildman–Crippen MR) is 93.4 cm³/mol. The van der Waals surface area contributed by atoms with Crippen LogP contribution in [0.1, 0.15) is 11.1 Å². The Morgan fingerprint density at radius 1 is 0.958 bits per heavy atom. The van der Waals surface area contributed by atoms with Crippen LogP contribution in [0, 0.1) is 0 Å². The second kappa shape index (κ2) is 8.62. The van der Waals surface area contributed by atoms with Crippen LogP contribution in [-0.2, 0) is 11.3 Å². The summed E-state index contributed by atoms with van der Waals surface area (Å²) in [5.41, 5.74) is 1.69. The molecule has 24 heavy (non-hydrogen) atoms. The van der Waals surface area contributed by atoms with Gasteiger partial charge < -0.3 is 19.5 Å². The van der Waals surface area contributed by atoms with Crippen molar-refractivity contribution in [3.05, 3.63) is 59.7 Å². The van der Waals surface area contributed by atoms with E-state index in [0.29, 0.717) is 18.0 Å². The first-order chi connectivity index (χ1) is 11.7. The Morgan fingerprint density at radius 3 is 2.38 bits per heavy atom. The number of carbonyl (C=O) groups is 1. The molecular weight excluding hydrogens is 306 g/mol. The Kier molecular flexibility index (Phi) is 6.25. The standard InChI is InChI=1S/C19H21NO4/c1-22-16-9-5-4-7-15(16)13-20-18(21)12-11-14-8-6-10-17(23-2)19(14)24-3/h4-12H,13H2,1-3H3,(H,20,21)/b12-11+. The van der Waals surface area contributed by atoms with Gasteiger partial charge in [0.05, 0.1) is 21.3 Å². The highest BCUT2D eigenvalue weighted by atomic mass is 16.5. The Morgan fingerprint density at radius 2 is 1.67 bits per heavy atom. The number of ether oxygens (including phenoxy) is 3. The first-order valence-corrected chi connectivity index (χ1v) is 7.48. The first-order valence-electron chi connectivity index (χ1n) is 7.48. The van der Waals surface area contributed by atoms with Crippen LogP contribution in [-0.4, -0.2) is 27.2 Å². The molecule has 0 spiro atoms. The maximum Gasteiger partial charge on any atom is 0.244 e. The van der Waals surface area contributed by atoms with E-state index in [-0.39, 0.29) is 5.91 Å². The molecule has 1 amide bonds. The average Bonchev–Trinajstić information content (AvgIpc) is 2.64. The molecule has 126 valence electrons. The maximum absolute atomic E-state index is 12.0. The molecule has 0 fully saturated rings. The zero-order valence-corrected chi connectivity index (χ0v) is 14.0. The van der Waals surface area contributed by atoms with E-state index in [4.69, 9.17) is 14.2 Å². The average molecular weight is 327 g/mol. The molecule has 0 bridgehead atoms. The number of benzene rings is 2. The van der Waals surface area contributed by atoms with Gasteiger partial charge >= 0.3 is 0 Å². The lowest BCUT2D eigenvalue weighted by Gasteiger charge is -2.10. The minimum absolute atomic E-state index is 0.203. The number of hydrogen-bond acceptors (Lipinski definition) is 4. The highest BCUT2D eigenvalue weighted by molar-refractivity contribution is 5.92. The topological polar surface area (TPSA) is 56.8 Å². The molecule has 0 aliphatic carbocycles. The second-order valence-electron chi connectivity index (χ2n) is 4.95.